The largest absolute Gasteiger partial charge is 0.505 e. The lowest BCUT2D eigenvalue weighted by Gasteiger charge is -2.23. The van der Waals surface area contributed by atoms with Gasteiger partial charge in [0.2, 0.25) is 10.0 Å². The van der Waals surface area contributed by atoms with Crippen LogP contribution in [0.1, 0.15) is 22.4 Å². The number of halogens is 2. The summed E-state index contributed by atoms with van der Waals surface area (Å²) in [5, 5.41) is 10.3. The number of H-pyrrole nitrogens is 1. The van der Waals surface area contributed by atoms with E-state index in [4.69, 9.17) is 23.2 Å². The fourth-order valence-electron chi connectivity index (χ4n) is 3.03. The number of aryl methyl sites for hydroxylation is 2. The van der Waals surface area contributed by atoms with E-state index in [-0.39, 0.29) is 28.0 Å². The highest BCUT2D eigenvalue weighted by Crippen LogP contribution is 2.36. The molecular weight excluding hydrogens is 431 g/mol. The third kappa shape index (κ3) is 4.95. The van der Waals surface area contributed by atoms with E-state index in [0.717, 1.165) is 16.8 Å². The number of rotatable bonds is 7. The molecule has 0 saturated carbocycles. The number of sulfonamides is 1. The van der Waals surface area contributed by atoms with Crippen molar-refractivity contribution in [2.75, 3.05) is 6.54 Å². The van der Waals surface area contributed by atoms with E-state index in [9.17, 15) is 13.5 Å². The quantitative estimate of drug-likeness (QED) is 0.524. The molecule has 2 aromatic carbocycles. The van der Waals surface area contributed by atoms with Gasteiger partial charge in [-0.15, -0.1) is 0 Å². The number of benzene rings is 2. The standard InChI is InChI=1S/C21H22Cl2N2O3S/c1-14-5-6-16(10-15(14)2)7-9-25(13-18-4-3-8-24-18)29(27,28)20-12-17(22)11-19(23)21(20)26/h3-6,8,10-12,24,26H,7,9,13H2,1-2H3. The van der Waals surface area contributed by atoms with Crippen molar-refractivity contribution in [2.24, 2.45) is 0 Å². The average Bonchev–Trinajstić information content (AvgIpc) is 3.17. The minimum absolute atomic E-state index is 0.106. The van der Waals surface area contributed by atoms with Crippen LogP contribution in [0.5, 0.6) is 5.75 Å². The molecule has 0 spiro atoms. The summed E-state index contributed by atoms with van der Waals surface area (Å²) in [6.45, 7) is 4.42. The maximum absolute atomic E-state index is 13.4. The number of aromatic hydroxyl groups is 1. The molecule has 0 aliphatic carbocycles. The molecule has 0 aliphatic heterocycles. The van der Waals surface area contributed by atoms with Gasteiger partial charge in [0.25, 0.3) is 0 Å². The monoisotopic (exact) mass is 452 g/mol. The van der Waals surface area contributed by atoms with Gasteiger partial charge >= 0.3 is 0 Å². The zero-order valence-corrected chi connectivity index (χ0v) is 18.4. The molecule has 0 unspecified atom stereocenters. The van der Waals surface area contributed by atoms with Crippen molar-refractivity contribution in [3.8, 4) is 5.75 Å². The van der Waals surface area contributed by atoms with Gasteiger partial charge in [0, 0.05) is 23.5 Å². The zero-order chi connectivity index (χ0) is 21.2. The van der Waals surface area contributed by atoms with Crippen molar-refractivity contribution < 1.29 is 13.5 Å². The summed E-state index contributed by atoms with van der Waals surface area (Å²) < 4.78 is 28.0. The molecule has 0 atom stereocenters. The van der Waals surface area contributed by atoms with E-state index in [1.165, 1.54) is 22.0 Å². The number of hydrogen-bond acceptors (Lipinski definition) is 3. The molecule has 0 aliphatic rings. The third-order valence-corrected chi connectivity index (χ3v) is 7.21. The van der Waals surface area contributed by atoms with Crippen LogP contribution in [0.15, 0.2) is 53.6 Å². The van der Waals surface area contributed by atoms with Crippen LogP contribution in [-0.2, 0) is 23.0 Å². The summed E-state index contributed by atoms with van der Waals surface area (Å²) in [6.07, 6.45) is 2.26. The molecule has 1 heterocycles. The van der Waals surface area contributed by atoms with Crippen molar-refractivity contribution in [3.05, 3.63) is 81.1 Å². The first-order chi connectivity index (χ1) is 13.7. The Bertz CT molecular complexity index is 1110. The molecular formula is C21H22Cl2N2O3S. The van der Waals surface area contributed by atoms with E-state index >= 15 is 0 Å². The smallest absolute Gasteiger partial charge is 0.247 e. The van der Waals surface area contributed by atoms with Crippen molar-refractivity contribution in [2.45, 2.75) is 31.7 Å². The number of hydrogen-bond donors (Lipinski definition) is 2. The Hall–Kier alpha value is -1.99. The molecule has 0 fully saturated rings. The van der Waals surface area contributed by atoms with Gasteiger partial charge in [-0.1, -0.05) is 41.4 Å². The van der Waals surface area contributed by atoms with E-state index < -0.39 is 15.8 Å². The SMILES string of the molecule is Cc1ccc(CCN(Cc2ccc[nH]2)S(=O)(=O)c2cc(Cl)cc(Cl)c2O)cc1C. The minimum atomic E-state index is -4.05. The van der Waals surface area contributed by atoms with Gasteiger partial charge in [0.05, 0.1) is 11.6 Å². The van der Waals surface area contributed by atoms with Gasteiger partial charge < -0.3 is 10.1 Å². The Balaban J connectivity index is 1.95. The number of nitrogens with one attached hydrogen (secondary N) is 1. The first kappa shape index (κ1) is 21.7. The molecule has 154 valence electrons. The summed E-state index contributed by atoms with van der Waals surface area (Å²) in [7, 11) is -4.05. The van der Waals surface area contributed by atoms with Crippen molar-refractivity contribution in [1.82, 2.24) is 9.29 Å². The lowest BCUT2D eigenvalue weighted by atomic mass is 10.0. The van der Waals surface area contributed by atoms with Gasteiger partial charge in [-0.2, -0.15) is 4.31 Å². The molecule has 0 bridgehead atoms. The highest BCUT2D eigenvalue weighted by atomic mass is 35.5. The van der Waals surface area contributed by atoms with Crippen LogP contribution in [0.2, 0.25) is 10.0 Å². The molecule has 5 nitrogen and oxygen atoms in total. The Morgan fingerprint density at radius 1 is 1.07 bits per heavy atom. The summed E-state index contributed by atoms with van der Waals surface area (Å²) in [5.41, 5.74) is 4.11. The summed E-state index contributed by atoms with van der Waals surface area (Å²) in [5.74, 6) is -0.501. The highest BCUT2D eigenvalue weighted by Gasteiger charge is 2.29. The van der Waals surface area contributed by atoms with Gasteiger partial charge in [-0.25, -0.2) is 8.42 Å². The van der Waals surface area contributed by atoms with Gasteiger partial charge in [-0.3, -0.25) is 0 Å². The maximum atomic E-state index is 13.4. The van der Waals surface area contributed by atoms with Crippen molar-refractivity contribution in [3.63, 3.8) is 0 Å². The molecule has 0 radical (unpaired) electrons. The van der Waals surface area contributed by atoms with Crippen LogP contribution < -0.4 is 0 Å². The number of phenols is 1. The maximum Gasteiger partial charge on any atom is 0.247 e. The molecule has 0 amide bonds. The van der Waals surface area contributed by atoms with Gasteiger partial charge in [0.15, 0.2) is 5.75 Å². The van der Waals surface area contributed by atoms with Gasteiger partial charge in [-0.05, 0) is 61.2 Å². The minimum Gasteiger partial charge on any atom is -0.505 e. The number of aromatic nitrogens is 1. The molecule has 29 heavy (non-hydrogen) atoms. The second kappa shape index (κ2) is 8.79. The number of nitrogens with zero attached hydrogens (tertiary/aromatic N) is 1. The van der Waals surface area contributed by atoms with Crippen LogP contribution in [0, 0.1) is 13.8 Å². The summed E-state index contributed by atoms with van der Waals surface area (Å²) in [6, 6.07) is 12.2. The van der Waals surface area contributed by atoms with Crippen molar-refractivity contribution >= 4 is 33.2 Å². The summed E-state index contributed by atoms with van der Waals surface area (Å²) in [4.78, 5) is 2.72. The molecule has 3 rings (SSSR count). The molecule has 1 aromatic heterocycles. The highest BCUT2D eigenvalue weighted by molar-refractivity contribution is 7.89. The van der Waals surface area contributed by atoms with Crippen LogP contribution >= 0.6 is 23.2 Å². The Kier molecular flexibility index (Phi) is 6.58. The second-order valence-corrected chi connectivity index (χ2v) is 9.69. The molecule has 2 N–H and O–H groups in total. The molecule has 0 saturated heterocycles. The number of aromatic amines is 1. The van der Waals surface area contributed by atoms with E-state index in [1.54, 1.807) is 12.3 Å². The van der Waals surface area contributed by atoms with E-state index in [1.807, 2.05) is 32.0 Å². The topological polar surface area (TPSA) is 73.4 Å². The number of phenolic OH excluding ortho intramolecular Hbond substituents is 1. The van der Waals surface area contributed by atoms with Crippen LogP contribution in [0.25, 0.3) is 0 Å². The Morgan fingerprint density at radius 2 is 1.83 bits per heavy atom. The fourth-order valence-corrected chi connectivity index (χ4v) is 5.19. The van der Waals surface area contributed by atoms with Crippen molar-refractivity contribution in [1.29, 1.82) is 0 Å². The average molecular weight is 453 g/mol. The summed E-state index contributed by atoms with van der Waals surface area (Å²) >= 11 is 12.0. The van der Waals surface area contributed by atoms with Crippen LogP contribution in [0.3, 0.4) is 0 Å². The lowest BCUT2D eigenvalue weighted by Crippen LogP contribution is -2.33. The predicted molar refractivity (Wildman–Crippen MR) is 116 cm³/mol. The van der Waals surface area contributed by atoms with Crippen LogP contribution in [0.4, 0.5) is 0 Å². The normalized spacial score (nSPS) is 11.9. The molecule has 8 heteroatoms. The van der Waals surface area contributed by atoms with E-state index in [0.29, 0.717) is 6.42 Å². The first-order valence-electron chi connectivity index (χ1n) is 9.05. The van der Waals surface area contributed by atoms with Gasteiger partial charge in [0.1, 0.15) is 4.90 Å². The zero-order valence-electron chi connectivity index (χ0n) is 16.1. The lowest BCUT2D eigenvalue weighted by molar-refractivity contribution is 0.399. The third-order valence-electron chi connectivity index (χ3n) is 4.84. The van der Waals surface area contributed by atoms with E-state index in [2.05, 4.69) is 11.1 Å². The van der Waals surface area contributed by atoms with Crippen LogP contribution in [-0.4, -0.2) is 29.4 Å². The second-order valence-electron chi connectivity index (χ2n) is 6.94. The molecule has 3 aromatic rings. The first-order valence-corrected chi connectivity index (χ1v) is 11.2. The Morgan fingerprint density at radius 3 is 2.48 bits per heavy atom. The predicted octanol–water partition coefficient (Wildman–Crippen LogP) is 5.08. The Labute approximate surface area is 181 Å². The fraction of sp³-hybridized carbons (Fsp3) is 0.238.